The Balaban J connectivity index is 1.70. The minimum absolute atomic E-state index is 0.230. The molecule has 9 nitrogen and oxygen atoms in total. The van der Waals surface area contributed by atoms with Gasteiger partial charge < -0.3 is 19.1 Å². The van der Waals surface area contributed by atoms with Crippen LogP contribution in [0.5, 0.6) is 0 Å². The van der Waals surface area contributed by atoms with Gasteiger partial charge in [-0.1, -0.05) is 25.5 Å². The fourth-order valence-electron chi connectivity index (χ4n) is 4.94. The zero-order chi connectivity index (χ0) is 25.4. The lowest BCUT2D eigenvalue weighted by Gasteiger charge is -2.39. The first-order chi connectivity index (χ1) is 16.8. The fourth-order valence-corrected chi connectivity index (χ4v) is 4.94. The second kappa shape index (κ2) is 13.2. The lowest BCUT2D eigenvalue weighted by molar-refractivity contribution is -0.991. The molecule has 0 saturated heterocycles. The second-order valence-electron chi connectivity index (χ2n) is 9.79. The van der Waals surface area contributed by atoms with Crippen LogP contribution in [-0.2, 0) is 15.9 Å². The van der Waals surface area contributed by atoms with Gasteiger partial charge in [-0.25, -0.2) is 5.21 Å². The lowest BCUT2D eigenvalue weighted by Crippen LogP contribution is -2.99. The molecule has 3 rings (SSSR count). The molecule has 4 atom stereocenters. The number of ether oxygens (including phenoxy) is 2. The second-order valence-corrected chi connectivity index (χ2v) is 9.79. The molecule has 0 radical (unpaired) electrons. The normalized spacial score (nSPS) is 21.5. The Kier molecular flexibility index (Phi) is 10.4. The quantitative estimate of drug-likeness (QED) is 0.327. The Bertz CT molecular complexity index is 920. The molecule has 0 fully saturated rings. The maximum absolute atomic E-state index is 11.1. The molecule has 1 heterocycles. The van der Waals surface area contributed by atoms with Crippen LogP contribution in [0.2, 0.25) is 0 Å². The van der Waals surface area contributed by atoms with Gasteiger partial charge in [0.15, 0.2) is 5.69 Å². The summed E-state index contributed by atoms with van der Waals surface area (Å²) in [5.74, 6) is 2.98. The summed E-state index contributed by atoms with van der Waals surface area (Å²) in [6, 6.07) is 6.49. The van der Waals surface area contributed by atoms with Crippen LogP contribution in [0, 0.1) is 28.9 Å². The minimum Gasteiger partial charge on any atom is -0.595 e. The van der Waals surface area contributed by atoms with E-state index in [1.165, 1.54) is 5.57 Å². The van der Waals surface area contributed by atoms with Gasteiger partial charge in [0.1, 0.15) is 0 Å². The summed E-state index contributed by atoms with van der Waals surface area (Å²) < 4.78 is 16.6. The van der Waals surface area contributed by atoms with Crippen molar-refractivity contribution in [3.8, 4) is 11.5 Å². The van der Waals surface area contributed by atoms with Gasteiger partial charge in [0.25, 0.3) is 0 Å². The average Bonchev–Trinajstić information content (AvgIpc) is 3.30. The van der Waals surface area contributed by atoms with Gasteiger partial charge >= 0.3 is 0 Å². The van der Waals surface area contributed by atoms with Crippen LogP contribution in [0.1, 0.15) is 33.1 Å². The molecule has 194 valence electrons. The van der Waals surface area contributed by atoms with E-state index < -0.39 is 5.23 Å². The number of methoxy groups -OCH3 is 2. The van der Waals surface area contributed by atoms with E-state index >= 15 is 0 Å². The molecule has 4 unspecified atom stereocenters. The van der Waals surface area contributed by atoms with Gasteiger partial charge in [-0.3, -0.25) is 4.90 Å². The van der Waals surface area contributed by atoms with Crippen molar-refractivity contribution in [2.24, 2.45) is 23.7 Å². The maximum atomic E-state index is 11.1. The van der Waals surface area contributed by atoms with Gasteiger partial charge in [0, 0.05) is 58.0 Å². The molecule has 2 N–H and O–H groups in total. The molecule has 1 aliphatic carbocycles. The summed E-state index contributed by atoms with van der Waals surface area (Å²) in [5.41, 5.74) is 2.32. The van der Waals surface area contributed by atoms with Crippen molar-refractivity contribution in [3.05, 3.63) is 47.0 Å². The van der Waals surface area contributed by atoms with Gasteiger partial charge in [-0.05, 0) is 49.1 Å². The first-order valence-electron chi connectivity index (χ1n) is 12.4. The molecule has 1 aromatic heterocycles. The average molecular weight is 489 g/mol. The highest BCUT2D eigenvalue weighted by Gasteiger charge is 2.33. The highest BCUT2D eigenvalue weighted by Crippen LogP contribution is 2.39. The fraction of sp³-hybridized carbons (Fsp3) is 0.615. The monoisotopic (exact) mass is 488 g/mol. The summed E-state index contributed by atoms with van der Waals surface area (Å²) in [6.45, 7) is 11.1. The lowest BCUT2D eigenvalue weighted by atomic mass is 9.69. The van der Waals surface area contributed by atoms with Crippen molar-refractivity contribution in [3.63, 3.8) is 0 Å². The van der Waals surface area contributed by atoms with E-state index in [0.717, 1.165) is 31.6 Å². The number of nitrogens with one attached hydrogen (secondary N) is 1. The molecule has 2 aromatic rings. The standard InChI is InChI=1S/C26H40N4O5/c1-18(2)24-15-21(19(3)14-22(24)17-29(10-12-33-4)11-13-34-5)16-25-27-28-26(35-25)20-6-8-23(9-7-20)30(31)32/h6-9,14,18,21-22,24,30-31H,10-13,15-17H2,1-5H3. The SMILES string of the molecule is COCCN(CCOC)CC1C=C(C)C(Cc2nnc(-c3ccc([NH+]([O-])O)cc3)o2)CC1C(C)C. The largest absolute Gasteiger partial charge is 0.595 e. The molecule has 0 aliphatic heterocycles. The number of quaternary nitrogens is 1. The van der Waals surface area contributed by atoms with Gasteiger partial charge in [0.2, 0.25) is 11.8 Å². The van der Waals surface area contributed by atoms with Crippen molar-refractivity contribution < 1.29 is 24.3 Å². The smallest absolute Gasteiger partial charge is 0.247 e. The molecule has 9 heteroatoms. The van der Waals surface area contributed by atoms with Crippen LogP contribution in [0.4, 0.5) is 5.69 Å². The van der Waals surface area contributed by atoms with Crippen LogP contribution in [-0.4, -0.2) is 67.4 Å². The van der Waals surface area contributed by atoms with E-state index in [2.05, 4.69) is 41.9 Å². The number of hydrogen-bond acceptors (Lipinski definition) is 8. The van der Waals surface area contributed by atoms with Crippen LogP contribution in [0.3, 0.4) is 0 Å². The third-order valence-electron chi connectivity index (χ3n) is 7.04. The number of hydrogen-bond donors (Lipinski definition) is 2. The van der Waals surface area contributed by atoms with Crippen molar-refractivity contribution in [2.45, 2.75) is 33.6 Å². The van der Waals surface area contributed by atoms with E-state index in [4.69, 9.17) is 19.1 Å². The van der Waals surface area contributed by atoms with Gasteiger partial charge in [-0.2, -0.15) is 5.23 Å². The van der Waals surface area contributed by atoms with E-state index in [0.29, 0.717) is 55.1 Å². The van der Waals surface area contributed by atoms with E-state index in [1.807, 2.05) is 0 Å². The number of rotatable bonds is 13. The van der Waals surface area contributed by atoms with Crippen LogP contribution >= 0.6 is 0 Å². The number of allylic oxidation sites excluding steroid dienone is 1. The number of benzene rings is 1. The van der Waals surface area contributed by atoms with E-state index in [9.17, 15) is 5.21 Å². The molecule has 0 amide bonds. The van der Waals surface area contributed by atoms with Crippen molar-refractivity contribution in [1.29, 1.82) is 0 Å². The molecule has 0 spiro atoms. The third-order valence-corrected chi connectivity index (χ3v) is 7.04. The maximum Gasteiger partial charge on any atom is 0.247 e. The molecule has 1 aliphatic rings. The topological polar surface area (TPSA) is 108 Å². The van der Waals surface area contributed by atoms with Crippen molar-refractivity contribution in [2.75, 3.05) is 47.1 Å². The Morgan fingerprint density at radius 2 is 1.80 bits per heavy atom. The summed E-state index contributed by atoms with van der Waals surface area (Å²) >= 11 is 0. The summed E-state index contributed by atoms with van der Waals surface area (Å²) in [7, 11) is 3.49. The Morgan fingerprint density at radius 1 is 1.14 bits per heavy atom. The van der Waals surface area contributed by atoms with Gasteiger partial charge in [-0.15, -0.1) is 10.2 Å². The van der Waals surface area contributed by atoms with Crippen molar-refractivity contribution in [1.82, 2.24) is 15.1 Å². The van der Waals surface area contributed by atoms with Crippen LogP contribution in [0.15, 0.2) is 40.3 Å². The summed E-state index contributed by atoms with van der Waals surface area (Å²) in [6.07, 6.45) is 4.24. The minimum atomic E-state index is -0.958. The third kappa shape index (κ3) is 7.67. The predicted molar refractivity (Wildman–Crippen MR) is 133 cm³/mol. The first-order valence-corrected chi connectivity index (χ1v) is 12.4. The molecular weight excluding hydrogens is 448 g/mol. The Hall–Kier alpha value is -2.14. The number of aromatic nitrogens is 2. The first kappa shape index (κ1) is 27.4. The van der Waals surface area contributed by atoms with Crippen LogP contribution < -0.4 is 5.23 Å². The zero-order valence-corrected chi connectivity index (χ0v) is 21.6. The molecule has 0 bridgehead atoms. The summed E-state index contributed by atoms with van der Waals surface area (Å²) in [5, 5.41) is 27.7. The number of nitrogens with zero attached hydrogens (tertiary/aromatic N) is 3. The van der Waals surface area contributed by atoms with E-state index in [1.54, 1.807) is 38.5 Å². The highest BCUT2D eigenvalue weighted by molar-refractivity contribution is 5.55. The van der Waals surface area contributed by atoms with E-state index in [-0.39, 0.29) is 5.69 Å². The zero-order valence-electron chi connectivity index (χ0n) is 21.6. The Labute approximate surface area is 208 Å². The molecule has 1 aromatic carbocycles. The Morgan fingerprint density at radius 3 is 2.37 bits per heavy atom. The van der Waals surface area contributed by atoms with Crippen molar-refractivity contribution >= 4 is 5.69 Å². The van der Waals surface area contributed by atoms with Gasteiger partial charge in [0.05, 0.1) is 13.2 Å². The van der Waals surface area contributed by atoms with Crippen LogP contribution in [0.25, 0.3) is 11.5 Å². The predicted octanol–water partition coefficient (Wildman–Crippen LogP) is 3.13. The molecule has 0 saturated carbocycles. The molecular formula is C26H40N4O5. The highest BCUT2D eigenvalue weighted by atomic mass is 16.8. The summed E-state index contributed by atoms with van der Waals surface area (Å²) in [4.78, 5) is 2.44. The molecule has 35 heavy (non-hydrogen) atoms.